The highest BCUT2D eigenvalue weighted by Crippen LogP contribution is 2.29. The smallest absolute Gasteiger partial charge is 0.387 e. The van der Waals surface area contributed by atoms with Gasteiger partial charge in [0, 0.05) is 5.56 Å². The molecule has 1 atom stereocenters. The summed E-state index contributed by atoms with van der Waals surface area (Å²) in [4.78, 5) is 11.8. The first-order valence-electron chi connectivity index (χ1n) is 9.04. The molecule has 9 heteroatoms. The summed E-state index contributed by atoms with van der Waals surface area (Å²) >= 11 is 0. The van der Waals surface area contributed by atoms with E-state index >= 15 is 0 Å². The van der Waals surface area contributed by atoms with Crippen LogP contribution in [0, 0.1) is 0 Å². The Balaban J connectivity index is 1.94. The van der Waals surface area contributed by atoms with Gasteiger partial charge in [-0.2, -0.15) is 8.78 Å². The van der Waals surface area contributed by atoms with E-state index < -0.39 is 34.4 Å². The maximum atomic E-state index is 12.6. The van der Waals surface area contributed by atoms with Crippen LogP contribution >= 0.6 is 0 Å². The first-order chi connectivity index (χ1) is 13.8. The zero-order valence-electron chi connectivity index (χ0n) is 15.9. The maximum Gasteiger partial charge on any atom is 0.387 e. The molecule has 0 aromatic heterocycles. The molecule has 2 aromatic rings. The summed E-state index contributed by atoms with van der Waals surface area (Å²) in [6.45, 7) is -1.26. The molecule has 0 radical (unpaired) electrons. The fourth-order valence-corrected chi connectivity index (χ4v) is 3.92. The second kappa shape index (κ2) is 10.9. The Labute approximate surface area is 168 Å². The predicted octanol–water partition coefficient (Wildman–Crippen LogP) is 3.79. The van der Waals surface area contributed by atoms with Crippen LogP contribution in [-0.2, 0) is 26.2 Å². The lowest BCUT2D eigenvalue weighted by Gasteiger charge is -2.20. The van der Waals surface area contributed by atoms with Gasteiger partial charge >= 0.3 is 12.6 Å². The number of hydrogen-bond donors (Lipinski definition) is 1. The van der Waals surface area contributed by atoms with E-state index in [0.717, 1.165) is 5.56 Å². The van der Waals surface area contributed by atoms with Gasteiger partial charge in [-0.15, -0.1) is 0 Å². The van der Waals surface area contributed by atoms with Crippen molar-refractivity contribution in [2.75, 3.05) is 5.75 Å². The summed E-state index contributed by atoms with van der Waals surface area (Å²) in [6, 6.07) is 14.2. The van der Waals surface area contributed by atoms with Gasteiger partial charge in [-0.25, -0.2) is 13.1 Å². The normalized spacial score (nSPS) is 12.6. The number of carbonyl (C=O) groups excluding carboxylic acids is 1. The molecule has 0 aliphatic heterocycles. The van der Waals surface area contributed by atoms with E-state index in [2.05, 4.69) is 9.46 Å². The third-order valence-electron chi connectivity index (χ3n) is 4.06. The Morgan fingerprint density at radius 3 is 2.38 bits per heavy atom. The van der Waals surface area contributed by atoms with Crippen molar-refractivity contribution in [1.82, 2.24) is 4.72 Å². The van der Waals surface area contributed by atoms with Crippen LogP contribution in [0.1, 0.15) is 36.9 Å². The van der Waals surface area contributed by atoms with Crippen LogP contribution in [-0.4, -0.2) is 26.8 Å². The zero-order chi connectivity index (χ0) is 21.3. The lowest BCUT2D eigenvalue weighted by molar-refractivity contribution is -0.144. The third kappa shape index (κ3) is 7.78. The van der Waals surface area contributed by atoms with Gasteiger partial charge in [0.15, 0.2) is 0 Å². The van der Waals surface area contributed by atoms with Crippen LogP contribution in [0.25, 0.3) is 0 Å². The summed E-state index contributed by atoms with van der Waals surface area (Å²) in [5.74, 6) is -1.22. The number of benzene rings is 2. The van der Waals surface area contributed by atoms with Crippen molar-refractivity contribution in [2.45, 2.75) is 39.0 Å². The fourth-order valence-electron chi connectivity index (χ4n) is 2.64. The van der Waals surface area contributed by atoms with E-state index in [-0.39, 0.29) is 18.8 Å². The number of rotatable bonds is 11. The summed E-state index contributed by atoms with van der Waals surface area (Å²) in [5.41, 5.74) is 1.09. The molecule has 0 spiro atoms. The summed E-state index contributed by atoms with van der Waals surface area (Å²) in [7, 11) is -3.86. The predicted molar refractivity (Wildman–Crippen MR) is 104 cm³/mol. The number of nitrogens with one attached hydrogen (secondary N) is 1. The minimum absolute atomic E-state index is 0.0586. The average Bonchev–Trinajstić information content (AvgIpc) is 2.70. The van der Waals surface area contributed by atoms with Crippen molar-refractivity contribution in [3.05, 3.63) is 65.7 Å². The van der Waals surface area contributed by atoms with E-state index in [0.29, 0.717) is 12.0 Å². The van der Waals surface area contributed by atoms with Crippen molar-refractivity contribution in [3.63, 3.8) is 0 Å². The third-order valence-corrected chi connectivity index (χ3v) is 5.44. The topological polar surface area (TPSA) is 81.7 Å². The largest absolute Gasteiger partial charge is 0.461 e. The van der Waals surface area contributed by atoms with Gasteiger partial charge in [0.25, 0.3) is 0 Å². The Kier molecular flexibility index (Phi) is 8.53. The molecule has 0 heterocycles. The molecule has 0 fully saturated rings. The molecule has 1 N–H and O–H groups in total. The summed E-state index contributed by atoms with van der Waals surface area (Å²) in [6.07, 6.45) is -0.0188. The highest BCUT2D eigenvalue weighted by atomic mass is 32.2. The molecule has 0 saturated heterocycles. The van der Waals surface area contributed by atoms with Crippen LogP contribution in [0.2, 0.25) is 0 Å². The van der Waals surface area contributed by atoms with Gasteiger partial charge in [-0.05, 0) is 18.1 Å². The number of ether oxygens (including phenoxy) is 2. The monoisotopic (exact) mass is 427 g/mol. The molecule has 158 valence electrons. The number of para-hydroxylation sites is 1. The lowest BCUT2D eigenvalue weighted by Crippen LogP contribution is -2.31. The quantitative estimate of drug-likeness (QED) is 0.552. The van der Waals surface area contributed by atoms with E-state index in [1.165, 1.54) is 18.2 Å². The van der Waals surface area contributed by atoms with Gasteiger partial charge in [0.05, 0.1) is 18.2 Å². The Morgan fingerprint density at radius 2 is 1.72 bits per heavy atom. The SMILES string of the molecule is CCC(NS(=O)(=O)CCC(=O)OCc1ccccc1)c1ccccc1OC(F)F. The number of carbonyl (C=O) groups is 1. The van der Waals surface area contributed by atoms with Crippen molar-refractivity contribution in [2.24, 2.45) is 0 Å². The number of hydrogen-bond acceptors (Lipinski definition) is 5. The van der Waals surface area contributed by atoms with Crippen LogP contribution in [0.15, 0.2) is 54.6 Å². The molecule has 2 rings (SSSR count). The Hall–Kier alpha value is -2.52. The van der Waals surface area contributed by atoms with Gasteiger partial charge < -0.3 is 9.47 Å². The summed E-state index contributed by atoms with van der Waals surface area (Å²) < 4.78 is 61.9. The Morgan fingerprint density at radius 1 is 1.07 bits per heavy atom. The molecule has 0 aliphatic rings. The van der Waals surface area contributed by atoms with Crippen molar-refractivity contribution < 1.29 is 31.5 Å². The average molecular weight is 427 g/mol. The van der Waals surface area contributed by atoms with Gasteiger partial charge in [-0.1, -0.05) is 55.5 Å². The molecule has 1 unspecified atom stereocenters. The standard InChI is InChI=1S/C20H23F2NO5S/c1-2-17(16-10-6-7-11-18(16)28-20(21)22)23-29(25,26)13-12-19(24)27-14-15-8-4-3-5-9-15/h3-11,17,20,23H,2,12-14H2,1H3. The van der Waals surface area contributed by atoms with E-state index in [4.69, 9.17) is 4.74 Å². The highest BCUT2D eigenvalue weighted by molar-refractivity contribution is 7.89. The van der Waals surface area contributed by atoms with Crippen molar-refractivity contribution in [3.8, 4) is 5.75 Å². The van der Waals surface area contributed by atoms with Crippen LogP contribution in [0.4, 0.5) is 8.78 Å². The molecule has 0 bridgehead atoms. The second-order valence-electron chi connectivity index (χ2n) is 6.21. The van der Waals surface area contributed by atoms with E-state index in [1.807, 2.05) is 6.07 Å². The first-order valence-corrected chi connectivity index (χ1v) is 10.7. The molecular formula is C20H23F2NO5S. The zero-order valence-corrected chi connectivity index (χ0v) is 16.7. The molecule has 0 amide bonds. The molecule has 29 heavy (non-hydrogen) atoms. The molecule has 6 nitrogen and oxygen atoms in total. The molecule has 0 aliphatic carbocycles. The van der Waals surface area contributed by atoms with Crippen molar-refractivity contribution >= 4 is 16.0 Å². The highest BCUT2D eigenvalue weighted by Gasteiger charge is 2.23. The molecule has 2 aromatic carbocycles. The molecule has 0 saturated carbocycles. The number of halogens is 2. The van der Waals surface area contributed by atoms with Crippen LogP contribution in [0.5, 0.6) is 5.75 Å². The van der Waals surface area contributed by atoms with Crippen molar-refractivity contribution in [1.29, 1.82) is 0 Å². The van der Waals surface area contributed by atoms with Crippen LogP contribution in [0.3, 0.4) is 0 Å². The fraction of sp³-hybridized carbons (Fsp3) is 0.350. The van der Waals surface area contributed by atoms with E-state index in [1.54, 1.807) is 37.3 Å². The van der Waals surface area contributed by atoms with Gasteiger partial charge in [0.2, 0.25) is 10.0 Å². The van der Waals surface area contributed by atoms with Gasteiger partial charge in [0.1, 0.15) is 12.4 Å². The Bertz CT molecular complexity index is 891. The number of esters is 1. The minimum atomic E-state index is -3.86. The number of alkyl halides is 2. The van der Waals surface area contributed by atoms with Crippen LogP contribution < -0.4 is 9.46 Å². The van der Waals surface area contributed by atoms with E-state index in [9.17, 15) is 22.0 Å². The number of sulfonamides is 1. The summed E-state index contributed by atoms with van der Waals surface area (Å²) in [5, 5.41) is 0. The second-order valence-corrected chi connectivity index (χ2v) is 8.08. The first kappa shape index (κ1) is 22.8. The maximum absolute atomic E-state index is 12.6. The molecular weight excluding hydrogens is 404 g/mol. The lowest BCUT2D eigenvalue weighted by atomic mass is 10.0. The minimum Gasteiger partial charge on any atom is -0.461 e. The van der Waals surface area contributed by atoms with Gasteiger partial charge in [-0.3, -0.25) is 4.79 Å².